The van der Waals surface area contributed by atoms with Crippen molar-refractivity contribution < 1.29 is 8.78 Å². The first-order valence-electron chi connectivity index (χ1n) is 5.63. The molecule has 0 radical (unpaired) electrons. The molecule has 0 aliphatic carbocycles. The number of rotatable bonds is 6. The van der Waals surface area contributed by atoms with Gasteiger partial charge in [-0.3, -0.25) is 10.3 Å². The average molecular weight is 256 g/mol. The minimum Gasteiger partial charge on any atom is -0.370 e. The third-order valence-electron chi connectivity index (χ3n) is 2.39. The van der Waals surface area contributed by atoms with E-state index in [9.17, 15) is 8.78 Å². The molecular weight excluding hydrogens is 238 g/mol. The Hall–Kier alpha value is -1.69. The second-order valence-corrected chi connectivity index (χ2v) is 4.10. The lowest BCUT2D eigenvalue weighted by Gasteiger charge is -2.17. The van der Waals surface area contributed by atoms with Crippen molar-refractivity contribution in [3.05, 3.63) is 35.4 Å². The Morgan fingerprint density at radius 3 is 2.44 bits per heavy atom. The zero-order valence-corrected chi connectivity index (χ0v) is 10.3. The highest BCUT2D eigenvalue weighted by Gasteiger charge is 2.27. The minimum absolute atomic E-state index is 0.101. The second kappa shape index (κ2) is 6.30. The van der Waals surface area contributed by atoms with Gasteiger partial charge in [-0.25, -0.2) is 0 Å². The maximum Gasteiger partial charge on any atom is 0.304 e. The van der Waals surface area contributed by atoms with E-state index < -0.39 is 12.5 Å². The Morgan fingerprint density at radius 1 is 1.28 bits per heavy atom. The van der Waals surface area contributed by atoms with Crippen molar-refractivity contribution in [1.82, 2.24) is 5.32 Å². The van der Waals surface area contributed by atoms with Crippen LogP contribution in [-0.4, -0.2) is 18.6 Å². The SMILES string of the molecule is Cc1ccc(CNC(F)(F)CCN=C(N)N)cc1. The number of nitrogens with one attached hydrogen (secondary N) is 1. The first-order valence-corrected chi connectivity index (χ1v) is 5.63. The Bertz CT molecular complexity index is 397. The molecule has 4 nitrogen and oxygen atoms in total. The van der Waals surface area contributed by atoms with Crippen molar-refractivity contribution >= 4 is 5.96 Å². The second-order valence-electron chi connectivity index (χ2n) is 4.10. The summed E-state index contributed by atoms with van der Waals surface area (Å²) in [5.74, 6) is -0.177. The first kappa shape index (κ1) is 14.4. The van der Waals surface area contributed by atoms with Gasteiger partial charge in [0.25, 0.3) is 0 Å². The number of hydrogen-bond acceptors (Lipinski definition) is 2. The van der Waals surface area contributed by atoms with Gasteiger partial charge in [0, 0.05) is 19.5 Å². The fraction of sp³-hybridized carbons (Fsp3) is 0.417. The normalized spacial score (nSPS) is 11.3. The van der Waals surface area contributed by atoms with Gasteiger partial charge in [-0.05, 0) is 12.5 Å². The van der Waals surface area contributed by atoms with Crippen LogP contribution >= 0.6 is 0 Å². The third kappa shape index (κ3) is 5.58. The molecule has 0 heterocycles. The molecule has 0 atom stereocenters. The molecular formula is C12H18F2N4. The summed E-state index contributed by atoms with van der Waals surface area (Å²) in [6.07, 6.45) is -0.434. The van der Waals surface area contributed by atoms with E-state index in [4.69, 9.17) is 11.5 Å². The fourth-order valence-corrected chi connectivity index (χ4v) is 1.35. The monoisotopic (exact) mass is 256 g/mol. The Kier molecular flexibility index (Phi) is 5.03. The Morgan fingerprint density at radius 2 is 1.89 bits per heavy atom. The van der Waals surface area contributed by atoms with Gasteiger partial charge in [-0.15, -0.1) is 0 Å². The fourth-order valence-electron chi connectivity index (χ4n) is 1.35. The Labute approximate surface area is 105 Å². The molecule has 0 spiro atoms. The van der Waals surface area contributed by atoms with Crippen molar-refractivity contribution in [2.24, 2.45) is 16.5 Å². The number of alkyl halides is 2. The summed E-state index contributed by atoms with van der Waals surface area (Å²) in [7, 11) is 0. The zero-order valence-electron chi connectivity index (χ0n) is 10.3. The van der Waals surface area contributed by atoms with E-state index in [0.29, 0.717) is 0 Å². The van der Waals surface area contributed by atoms with Crippen LogP contribution in [0.5, 0.6) is 0 Å². The summed E-state index contributed by atoms with van der Waals surface area (Å²) in [6, 6.07) is 4.41. The number of aryl methyl sites for hydroxylation is 1. The highest BCUT2D eigenvalue weighted by atomic mass is 19.3. The van der Waals surface area contributed by atoms with Crippen LogP contribution in [0.15, 0.2) is 29.3 Å². The molecule has 1 aromatic rings. The summed E-state index contributed by atoms with van der Waals surface area (Å²) < 4.78 is 26.8. The van der Waals surface area contributed by atoms with E-state index in [-0.39, 0.29) is 19.0 Å². The van der Waals surface area contributed by atoms with E-state index >= 15 is 0 Å². The zero-order chi connectivity index (χ0) is 13.6. The number of benzene rings is 1. The molecule has 100 valence electrons. The average Bonchev–Trinajstić information content (AvgIpc) is 2.27. The summed E-state index contributed by atoms with van der Waals surface area (Å²) in [6.45, 7) is 1.95. The molecule has 0 aliphatic rings. The van der Waals surface area contributed by atoms with Gasteiger partial charge in [-0.2, -0.15) is 8.78 Å². The summed E-state index contributed by atoms with van der Waals surface area (Å²) in [5, 5.41) is 2.18. The van der Waals surface area contributed by atoms with Crippen molar-refractivity contribution in [3.8, 4) is 0 Å². The molecule has 6 heteroatoms. The quantitative estimate of drug-likeness (QED) is 0.408. The number of guanidine groups is 1. The summed E-state index contributed by atoms with van der Waals surface area (Å²) in [4.78, 5) is 3.53. The molecule has 0 aromatic heterocycles. The standard InChI is InChI=1S/C12H18F2N4/c1-9-2-4-10(5-3-9)8-18-12(13,14)6-7-17-11(15)16/h2-5,18H,6-8H2,1H3,(H4,15,16,17). The van der Waals surface area contributed by atoms with Gasteiger partial charge < -0.3 is 11.5 Å². The largest absolute Gasteiger partial charge is 0.370 e. The smallest absolute Gasteiger partial charge is 0.304 e. The van der Waals surface area contributed by atoms with E-state index in [0.717, 1.165) is 11.1 Å². The number of hydrogen-bond donors (Lipinski definition) is 3. The Balaban J connectivity index is 2.41. The number of aliphatic imine (C=N–C) groups is 1. The van der Waals surface area contributed by atoms with Crippen LogP contribution in [0.1, 0.15) is 17.5 Å². The van der Waals surface area contributed by atoms with Gasteiger partial charge in [-0.1, -0.05) is 29.8 Å². The first-order chi connectivity index (χ1) is 8.39. The van der Waals surface area contributed by atoms with Crippen LogP contribution in [0.4, 0.5) is 8.78 Å². The van der Waals surface area contributed by atoms with E-state index in [2.05, 4.69) is 10.3 Å². The lowest BCUT2D eigenvalue weighted by atomic mass is 10.1. The van der Waals surface area contributed by atoms with Crippen molar-refractivity contribution in [3.63, 3.8) is 0 Å². The highest BCUT2D eigenvalue weighted by Crippen LogP contribution is 2.15. The lowest BCUT2D eigenvalue weighted by molar-refractivity contribution is -0.0418. The topological polar surface area (TPSA) is 76.4 Å². The minimum atomic E-state index is -2.98. The molecule has 1 rings (SSSR count). The summed E-state index contributed by atoms with van der Waals surface area (Å²) in [5.41, 5.74) is 12.0. The highest BCUT2D eigenvalue weighted by molar-refractivity contribution is 5.75. The van der Waals surface area contributed by atoms with Crippen LogP contribution in [0, 0.1) is 6.92 Å². The van der Waals surface area contributed by atoms with Gasteiger partial charge in [0.05, 0.1) is 0 Å². The molecule has 0 bridgehead atoms. The van der Waals surface area contributed by atoms with Crippen LogP contribution in [0.25, 0.3) is 0 Å². The lowest BCUT2D eigenvalue weighted by Crippen LogP contribution is -2.37. The van der Waals surface area contributed by atoms with Gasteiger partial charge >= 0.3 is 6.05 Å². The molecule has 0 fully saturated rings. The van der Waals surface area contributed by atoms with Crippen molar-refractivity contribution in [2.45, 2.75) is 25.9 Å². The van der Waals surface area contributed by atoms with Crippen molar-refractivity contribution in [2.75, 3.05) is 6.54 Å². The number of nitrogens with two attached hydrogens (primary N) is 2. The predicted molar refractivity (Wildman–Crippen MR) is 68.3 cm³/mol. The molecule has 0 saturated heterocycles. The van der Waals surface area contributed by atoms with Gasteiger partial charge in [0.2, 0.25) is 0 Å². The van der Waals surface area contributed by atoms with Crippen LogP contribution in [0.3, 0.4) is 0 Å². The molecule has 0 amide bonds. The predicted octanol–water partition coefficient (Wildman–Crippen LogP) is 1.34. The summed E-state index contributed by atoms with van der Waals surface area (Å²) >= 11 is 0. The van der Waals surface area contributed by atoms with E-state index in [1.807, 2.05) is 31.2 Å². The van der Waals surface area contributed by atoms with Crippen LogP contribution in [0.2, 0.25) is 0 Å². The molecule has 0 saturated carbocycles. The molecule has 0 unspecified atom stereocenters. The van der Waals surface area contributed by atoms with Gasteiger partial charge in [0.1, 0.15) is 0 Å². The molecule has 0 aliphatic heterocycles. The third-order valence-corrected chi connectivity index (χ3v) is 2.39. The maximum absolute atomic E-state index is 13.4. The number of halogens is 2. The molecule has 5 N–H and O–H groups in total. The van der Waals surface area contributed by atoms with Crippen LogP contribution in [-0.2, 0) is 6.54 Å². The molecule has 1 aromatic carbocycles. The maximum atomic E-state index is 13.4. The van der Waals surface area contributed by atoms with Crippen LogP contribution < -0.4 is 16.8 Å². The van der Waals surface area contributed by atoms with Crippen molar-refractivity contribution in [1.29, 1.82) is 0 Å². The van der Waals surface area contributed by atoms with Gasteiger partial charge in [0.15, 0.2) is 5.96 Å². The van der Waals surface area contributed by atoms with E-state index in [1.165, 1.54) is 0 Å². The number of nitrogens with zero attached hydrogens (tertiary/aromatic N) is 1. The molecule has 18 heavy (non-hydrogen) atoms. The van der Waals surface area contributed by atoms with E-state index in [1.54, 1.807) is 0 Å².